The number of aromatic nitrogens is 1. The van der Waals surface area contributed by atoms with E-state index in [1.165, 1.54) is 10.9 Å². The Bertz CT molecular complexity index is 700. The van der Waals surface area contributed by atoms with Gasteiger partial charge < -0.3 is 20.4 Å². The molecule has 1 fully saturated rings. The molecule has 0 aliphatic carbocycles. The van der Waals surface area contributed by atoms with Crippen LogP contribution in [-0.4, -0.2) is 53.3 Å². The second kappa shape index (κ2) is 7.55. The van der Waals surface area contributed by atoms with Crippen LogP contribution in [-0.2, 0) is 9.59 Å². The molecule has 0 unspecified atom stereocenters. The Balaban J connectivity index is 0.000000277. The van der Waals surface area contributed by atoms with Gasteiger partial charge >= 0.3 is 11.9 Å². The van der Waals surface area contributed by atoms with E-state index in [4.69, 9.17) is 24.8 Å². The minimum absolute atomic E-state index is 1.05. The smallest absolute Gasteiger partial charge is 0.414 e. The van der Waals surface area contributed by atoms with Crippen molar-refractivity contribution in [2.75, 3.05) is 31.1 Å². The maximum atomic E-state index is 9.10. The Morgan fingerprint density at radius 2 is 1.74 bits per heavy atom. The summed E-state index contributed by atoms with van der Waals surface area (Å²) in [6.45, 7) is 6.35. The fourth-order valence-electron chi connectivity index (χ4n) is 2.39. The number of carbonyl (C=O) groups is 2. The van der Waals surface area contributed by atoms with Gasteiger partial charge in [-0.05, 0) is 24.6 Å². The molecule has 23 heavy (non-hydrogen) atoms. The van der Waals surface area contributed by atoms with Crippen molar-refractivity contribution in [2.45, 2.75) is 6.92 Å². The zero-order chi connectivity index (χ0) is 16.8. The molecule has 0 radical (unpaired) electrons. The van der Waals surface area contributed by atoms with Crippen molar-refractivity contribution in [3.05, 3.63) is 35.9 Å². The molecule has 2 aromatic rings. The summed E-state index contributed by atoms with van der Waals surface area (Å²) in [7, 11) is 0. The number of aryl methyl sites for hydroxylation is 1. The van der Waals surface area contributed by atoms with Crippen LogP contribution in [0.2, 0.25) is 0 Å². The van der Waals surface area contributed by atoms with Crippen LogP contribution < -0.4 is 10.2 Å². The molecule has 122 valence electrons. The number of piperazine rings is 1. The lowest BCUT2D eigenvalue weighted by atomic mass is 10.1. The van der Waals surface area contributed by atoms with Gasteiger partial charge in [0.05, 0.1) is 5.52 Å². The van der Waals surface area contributed by atoms with Gasteiger partial charge in [-0.2, -0.15) is 0 Å². The van der Waals surface area contributed by atoms with Crippen LogP contribution in [0.15, 0.2) is 30.3 Å². The Labute approximate surface area is 133 Å². The second-order valence-electron chi connectivity index (χ2n) is 5.16. The number of carboxylic acid groups (broad SMARTS) is 2. The van der Waals surface area contributed by atoms with E-state index in [-0.39, 0.29) is 0 Å². The van der Waals surface area contributed by atoms with Crippen LogP contribution in [0.1, 0.15) is 5.56 Å². The van der Waals surface area contributed by atoms with Crippen LogP contribution in [0.5, 0.6) is 0 Å². The number of anilines is 1. The lowest BCUT2D eigenvalue weighted by Gasteiger charge is -2.28. The Morgan fingerprint density at radius 3 is 2.35 bits per heavy atom. The number of fused-ring (bicyclic) bond motifs is 1. The molecule has 3 N–H and O–H groups in total. The lowest BCUT2D eigenvalue weighted by Crippen LogP contribution is -2.43. The van der Waals surface area contributed by atoms with E-state index in [9.17, 15) is 0 Å². The highest BCUT2D eigenvalue weighted by atomic mass is 16.4. The summed E-state index contributed by atoms with van der Waals surface area (Å²) >= 11 is 0. The van der Waals surface area contributed by atoms with Crippen molar-refractivity contribution in [2.24, 2.45) is 0 Å². The predicted molar refractivity (Wildman–Crippen MR) is 86.8 cm³/mol. The van der Waals surface area contributed by atoms with E-state index in [0.29, 0.717) is 0 Å². The largest absolute Gasteiger partial charge is 0.473 e. The van der Waals surface area contributed by atoms with Crippen LogP contribution in [0, 0.1) is 6.92 Å². The molecule has 1 aliphatic heterocycles. The van der Waals surface area contributed by atoms with Crippen LogP contribution in [0.25, 0.3) is 10.9 Å². The van der Waals surface area contributed by atoms with Crippen LogP contribution >= 0.6 is 0 Å². The molecule has 1 aliphatic rings. The number of para-hydroxylation sites is 1. The maximum absolute atomic E-state index is 9.10. The number of aliphatic carboxylic acids is 2. The number of pyridine rings is 1. The molecule has 2 heterocycles. The van der Waals surface area contributed by atoms with Gasteiger partial charge in [0.25, 0.3) is 0 Å². The third-order valence-electron chi connectivity index (χ3n) is 3.53. The molecule has 0 spiro atoms. The molecular weight excluding hydrogens is 298 g/mol. The molecule has 0 atom stereocenters. The van der Waals surface area contributed by atoms with Gasteiger partial charge in [-0.25, -0.2) is 14.6 Å². The number of carboxylic acids is 2. The SMILES string of the molecule is Cc1cc(N2CCNCC2)nc2ccccc12.O=C(O)C(=O)O. The van der Waals surface area contributed by atoms with Crippen molar-refractivity contribution in [1.29, 1.82) is 0 Å². The van der Waals surface area contributed by atoms with Gasteiger partial charge in [-0.1, -0.05) is 18.2 Å². The highest BCUT2D eigenvalue weighted by Crippen LogP contribution is 2.22. The van der Waals surface area contributed by atoms with E-state index in [1.54, 1.807) is 0 Å². The highest BCUT2D eigenvalue weighted by molar-refractivity contribution is 6.27. The Hall–Kier alpha value is -2.67. The first-order chi connectivity index (χ1) is 11.0. The predicted octanol–water partition coefficient (Wildman–Crippen LogP) is 1.11. The van der Waals surface area contributed by atoms with E-state index < -0.39 is 11.9 Å². The molecule has 3 rings (SSSR count). The van der Waals surface area contributed by atoms with Gasteiger partial charge in [0, 0.05) is 31.6 Å². The normalized spacial score (nSPS) is 14.0. The third kappa shape index (κ3) is 4.40. The summed E-state index contributed by atoms with van der Waals surface area (Å²) in [5.74, 6) is -2.53. The fraction of sp³-hybridized carbons (Fsp3) is 0.312. The first-order valence-electron chi connectivity index (χ1n) is 7.27. The Kier molecular flexibility index (Phi) is 5.48. The van der Waals surface area contributed by atoms with Gasteiger partial charge in [0.1, 0.15) is 5.82 Å². The van der Waals surface area contributed by atoms with Crippen molar-refractivity contribution in [3.8, 4) is 0 Å². The number of nitrogens with zero attached hydrogens (tertiary/aromatic N) is 2. The van der Waals surface area contributed by atoms with E-state index >= 15 is 0 Å². The zero-order valence-electron chi connectivity index (χ0n) is 12.8. The average molecular weight is 317 g/mol. The first kappa shape index (κ1) is 16.7. The second-order valence-corrected chi connectivity index (χ2v) is 5.16. The minimum atomic E-state index is -1.82. The Morgan fingerprint density at radius 1 is 1.13 bits per heavy atom. The van der Waals surface area contributed by atoms with Gasteiger partial charge in [-0.3, -0.25) is 0 Å². The topological polar surface area (TPSA) is 103 Å². The molecule has 1 aromatic heterocycles. The van der Waals surface area contributed by atoms with Crippen molar-refractivity contribution < 1.29 is 19.8 Å². The molecule has 7 nitrogen and oxygen atoms in total. The summed E-state index contributed by atoms with van der Waals surface area (Å²) < 4.78 is 0. The number of hydrogen-bond acceptors (Lipinski definition) is 5. The van der Waals surface area contributed by atoms with Gasteiger partial charge in [-0.15, -0.1) is 0 Å². The number of hydrogen-bond donors (Lipinski definition) is 3. The fourth-order valence-corrected chi connectivity index (χ4v) is 2.39. The summed E-state index contributed by atoms with van der Waals surface area (Å²) in [5, 5.41) is 19.4. The maximum Gasteiger partial charge on any atom is 0.414 e. The summed E-state index contributed by atoms with van der Waals surface area (Å²) in [6, 6.07) is 10.6. The van der Waals surface area contributed by atoms with E-state index in [0.717, 1.165) is 37.5 Å². The lowest BCUT2D eigenvalue weighted by molar-refractivity contribution is -0.159. The van der Waals surface area contributed by atoms with Crippen LogP contribution in [0.3, 0.4) is 0 Å². The number of benzene rings is 1. The van der Waals surface area contributed by atoms with E-state index in [2.05, 4.69) is 47.5 Å². The van der Waals surface area contributed by atoms with E-state index in [1.807, 2.05) is 0 Å². The quantitative estimate of drug-likeness (QED) is 0.677. The molecule has 1 saturated heterocycles. The molecule has 7 heteroatoms. The van der Waals surface area contributed by atoms with Crippen LogP contribution in [0.4, 0.5) is 5.82 Å². The minimum Gasteiger partial charge on any atom is -0.473 e. The number of rotatable bonds is 1. The first-order valence-corrected chi connectivity index (χ1v) is 7.27. The average Bonchev–Trinajstić information content (AvgIpc) is 2.56. The summed E-state index contributed by atoms with van der Waals surface area (Å²) in [4.78, 5) is 25.3. The molecule has 0 bridgehead atoms. The van der Waals surface area contributed by atoms with Crippen molar-refractivity contribution >= 4 is 28.7 Å². The molecular formula is C16H19N3O4. The molecule has 0 amide bonds. The standard InChI is InChI=1S/C14H17N3.C2H2O4/c1-11-10-14(17-8-6-15-7-9-17)16-13-5-3-2-4-12(11)13;3-1(4)2(5)6/h2-5,10,15H,6-9H2,1H3;(H,3,4)(H,5,6). The van der Waals surface area contributed by atoms with Crippen molar-refractivity contribution in [3.63, 3.8) is 0 Å². The highest BCUT2D eigenvalue weighted by Gasteiger charge is 2.12. The number of nitrogens with one attached hydrogen (secondary N) is 1. The van der Waals surface area contributed by atoms with Gasteiger partial charge in [0.15, 0.2) is 0 Å². The monoisotopic (exact) mass is 317 g/mol. The summed E-state index contributed by atoms with van der Waals surface area (Å²) in [6.07, 6.45) is 0. The molecule has 1 aromatic carbocycles. The molecule has 0 saturated carbocycles. The van der Waals surface area contributed by atoms with Crippen molar-refractivity contribution in [1.82, 2.24) is 10.3 Å². The summed E-state index contributed by atoms with van der Waals surface area (Å²) in [5.41, 5.74) is 2.41. The third-order valence-corrected chi connectivity index (χ3v) is 3.53. The van der Waals surface area contributed by atoms with Gasteiger partial charge in [0.2, 0.25) is 0 Å². The zero-order valence-corrected chi connectivity index (χ0v) is 12.8.